The number of ether oxygens (including phenoxy) is 2. The number of hydrogen-bond acceptors (Lipinski definition) is 6. The van der Waals surface area contributed by atoms with E-state index in [4.69, 9.17) is 26.8 Å². The molecule has 1 aromatic heterocycles. The van der Waals surface area contributed by atoms with E-state index in [2.05, 4.69) is 20.6 Å². The Bertz CT molecular complexity index is 546. The highest BCUT2D eigenvalue weighted by molar-refractivity contribution is 6.30. The van der Waals surface area contributed by atoms with Gasteiger partial charge < -0.3 is 9.47 Å². The van der Waals surface area contributed by atoms with Crippen molar-refractivity contribution in [2.75, 3.05) is 6.61 Å². The summed E-state index contributed by atoms with van der Waals surface area (Å²) in [5.74, 6) is 1.26. The molecule has 0 saturated heterocycles. The van der Waals surface area contributed by atoms with Crippen molar-refractivity contribution in [1.82, 2.24) is 20.6 Å². The standard InChI is InChI=1S/C9H8ClN5O2/c10-5-1-2-6-7(3-5)17-9(11,4-16-6)8-12-14-15-13-8/h1-3H,4,11H2,(H,12,13,14,15). The van der Waals surface area contributed by atoms with E-state index in [1.165, 1.54) is 0 Å². The van der Waals surface area contributed by atoms with E-state index in [1.54, 1.807) is 18.2 Å². The van der Waals surface area contributed by atoms with Gasteiger partial charge in [-0.2, -0.15) is 5.21 Å². The zero-order valence-electron chi connectivity index (χ0n) is 8.55. The summed E-state index contributed by atoms with van der Waals surface area (Å²) >= 11 is 5.87. The first-order valence-corrected chi connectivity index (χ1v) is 5.19. The van der Waals surface area contributed by atoms with Crippen LogP contribution in [0.5, 0.6) is 11.5 Å². The highest BCUT2D eigenvalue weighted by Crippen LogP contribution is 2.37. The molecule has 0 amide bonds. The van der Waals surface area contributed by atoms with Crippen molar-refractivity contribution >= 4 is 11.6 Å². The molecule has 88 valence electrons. The Morgan fingerprint density at radius 3 is 3.06 bits per heavy atom. The molecular weight excluding hydrogens is 246 g/mol. The number of benzene rings is 1. The van der Waals surface area contributed by atoms with Crippen LogP contribution in [-0.2, 0) is 5.72 Å². The van der Waals surface area contributed by atoms with Crippen molar-refractivity contribution in [3.8, 4) is 11.5 Å². The van der Waals surface area contributed by atoms with Gasteiger partial charge in [0, 0.05) is 11.1 Å². The minimum atomic E-state index is -1.26. The zero-order chi connectivity index (χ0) is 11.9. The Morgan fingerprint density at radius 1 is 1.41 bits per heavy atom. The first-order valence-electron chi connectivity index (χ1n) is 4.81. The number of tetrazole rings is 1. The van der Waals surface area contributed by atoms with Gasteiger partial charge >= 0.3 is 0 Å². The Labute approximate surface area is 101 Å². The topological polar surface area (TPSA) is 98.9 Å². The van der Waals surface area contributed by atoms with Gasteiger partial charge in [-0.1, -0.05) is 11.6 Å². The number of nitrogens with one attached hydrogen (secondary N) is 1. The number of H-pyrrole nitrogens is 1. The SMILES string of the molecule is NC1(c2nn[nH]n2)COc2ccc(Cl)cc2O1. The summed E-state index contributed by atoms with van der Waals surface area (Å²) in [5, 5.41) is 13.9. The van der Waals surface area contributed by atoms with Gasteiger partial charge in [-0.3, -0.25) is 5.73 Å². The summed E-state index contributed by atoms with van der Waals surface area (Å²) < 4.78 is 11.1. The van der Waals surface area contributed by atoms with Crippen LogP contribution in [0.1, 0.15) is 5.82 Å². The maximum Gasteiger partial charge on any atom is 0.256 e. The number of aromatic nitrogens is 4. The molecule has 0 aliphatic carbocycles. The van der Waals surface area contributed by atoms with E-state index < -0.39 is 5.72 Å². The zero-order valence-corrected chi connectivity index (χ0v) is 9.31. The van der Waals surface area contributed by atoms with Gasteiger partial charge in [-0.05, 0) is 17.3 Å². The van der Waals surface area contributed by atoms with Crippen molar-refractivity contribution in [2.45, 2.75) is 5.72 Å². The Kier molecular flexibility index (Phi) is 2.17. The molecule has 8 heteroatoms. The molecule has 1 atom stereocenters. The molecule has 1 aliphatic rings. The second-order valence-electron chi connectivity index (χ2n) is 3.61. The number of rotatable bonds is 1. The van der Waals surface area contributed by atoms with E-state index in [0.29, 0.717) is 16.5 Å². The van der Waals surface area contributed by atoms with Crippen LogP contribution in [-0.4, -0.2) is 27.2 Å². The number of nitrogens with two attached hydrogens (primary N) is 1. The second-order valence-corrected chi connectivity index (χ2v) is 4.04. The van der Waals surface area contributed by atoms with Crippen LogP contribution in [0.25, 0.3) is 0 Å². The fourth-order valence-corrected chi connectivity index (χ4v) is 1.70. The number of halogens is 1. The van der Waals surface area contributed by atoms with Gasteiger partial charge in [0.2, 0.25) is 5.82 Å². The number of aromatic amines is 1. The van der Waals surface area contributed by atoms with Crippen molar-refractivity contribution in [1.29, 1.82) is 0 Å². The molecular formula is C9H8ClN5O2. The minimum Gasteiger partial charge on any atom is -0.483 e. The molecule has 1 aromatic carbocycles. The first kappa shape index (κ1) is 10.3. The lowest BCUT2D eigenvalue weighted by Gasteiger charge is -2.32. The predicted octanol–water partition coefficient (Wildman–Crippen LogP) is 0.436. The molecule has 17 heavy (non-hydrogen) atoms. The van der Waals surface area contributed by atoms with Crippen LogP contribution in [0.4, 0.5) is 0 Å². The molecule has 3 N–H and O–H groups in total. The van der Waals surface area contributed by atoms with Gasteiger partial charge in [-0.25, -0.2) is 0 Å². The summed E-state index contributed by atoms with van der Waals surface area (Å²) in [7, 11) is 0. The van der Waals surface area contributed by atoms with Crippen LogP contribution >= 0.6 is 11.6 Å². The van der Waals surface area contributed by atoms with Crippen LogP contribution in [0.2, 0.25) is 5.02 Å². The molecule has 1 aliphatic heterocycles. The average molecular weight is 254 g/mol. The highest BCUT2D eigenvalue weighted by atomic mass is 35.5. The van der Waals surface area contributed by atoms with Crippen LogP contribution in [0.3, 0.4) is 0 Å². The summed E-state index contributed by atoms with van der Waals surface area (Å²) in [5.41, 5.74) is 4.76. The molecule has 0 fully saturated rings. The molecule has 0 saturated carbocycles. The minimum absolute atomic E-state index is 0.0984. The Morgan fingerprint density at radius 2 is 2.29 bits per heavy atom. The average Bonchev–Trinajstić information content (AvgIpc) is 2.82. The summed E-state index contributed by atoms with van der Waals surface area (Å²) in [6, 6.07) is 5.05. The normalized spacial score (nSPS) is 22.5. The first-order chi connectivity index (χ1) is 8.17. The summed E-state index contributed by atoms with van der Waals surface area (Å²) in [6.45, 7) is 0.0984. The highest BCUT2D eigenvalue weighted by Gasteiger charge is 2.40. The predicted molar refractivity (Wildman–Crippen MR) is 57.6 cm³/mol. The lowest BCUT2D eigenvalue weighted by atomic mass is 10.2. The molecule has 3 rings (SSSR count). The molecule has 2 heterocycles. The second kappa shape index (κ2) is 3.57. The van der Waals surface area contributed by atoms with E-state index in [9.17, 15) is 0 Å². The van der Waals surface area contributed by atoms with Crippen molar-refractivity contribution in [3.63, 3.8) is 0 Å². The molecule has 2 aromatic rings. The molecule has 0 spiro atoms. The third-order valence-corrected chi connectivity index (χ3v) is 2.60. The smallest absolute Gasteiger partial charge is 0.256 e. The number of hydrogen-bond donors (Lipinski definition) is 2. The molecule has 7 nitrogen and oxygen atoms in total. The third kappa shape index (κ3) is 1.69. The largest absolute Gasteiger partial charge is 0.483 e. The van der Waals surface area contributed by atoms with Crippen molar-refractivity contribution in [3.05, 3.63) is 29.0 Å². The fourth-order valence-electron chi connectivity index (χ4n) is 1.54. The van der Waals surface area contributed by atoms with E-state index in [1.807, 2.05) is 0 Å². The van der Waals surface area contributed by atoms with Gasteiger partial charge in [0.1, 0.15) is 6.61 Å². The van der Waals surface area contributed by atoms with Crippen molar-refractivity contribution in [2.24, 2.45) is 5.73 Å². The van der Waals surface area contributed by atoms with Gasteiger partial charge in [-0.15, -0.1) is 10.2 Å². The van der Waals surface area contributed by atoms with E-state index in [0.717, 1.165) is 0 Å². The van der Waals surface area contributed by atoms with Gasteiger partial charge in [0.15, 0.2) is 11.5 Å². The van der Waals surface area contributed by atoms with E-state index in [-0.39, 0.29) is 12.4 Å². The maximum atomic E-state index is 6.01. The quantitative estimate of drug-likeness (QED) is 0.765. The summed E-state index contributed by atoms with van der Waals surface area (Å²) in [4.78, 5) is 0. The maximum absolute atomic E-state index is 6.01. The fraction of sp³-hybridized carbons (Fsp3) is 0.222. The molecule has 0 bridgehead atoms. The number of fused-ring (bicyclic) bond motifs is 1. The monoisotopic (exact) mass is 253 g/mol. The van der Waals surface area contributed by atoms with Crippen molar-refractivity contribution < 1.29 is 9.47 Å². The molecule has 0 radical (unpaired) electrons. The van der Waals surface area contributed by atoms with Gasteiger partial charge in [0.05, 0.1) is 0 Å². The van der Waals surface area contributed by atoms with Gasteiger partial charge in [0.25, 0.3) is 5.72 Å². The van der Waals surface area contributed by atoms with Crippen LogP contribution < -0.4 is 15.2 Å². The lowest BCUT2D eigenvalue weighted by molar-refractivity contribution is -0.0148. The van der Waals surface area contributed by atoms with Crippen LogP contribution in [0, 0.1) is 0 Å². The molecule has 1 unspecified atom stereocenters. The third-order valence-electron chi connectivity index (χ3n) is 2.36. The summed E-state index contributed by atoms with van der Waals surface area (Å²) in [6.07, 6.45) is 0. The Balaban J connectivity index is 1.99. The van der Waals surface area contributed by atoms with Crippen LogP contribution in [0.15, 0.2) is 18.2 Å². The lowest BCUT2D eigenvalue weighted by Crippen LogP contribution is -2.51. The Hall–Kier alpha value is -1.86. The number of nitrogens with zero attached hydrogens (tertiary/aromatic N) is 3. The van der Waals surface area contributed by atoms with E-state index >= 15 is 0 Å².